The van der Waals surface area contributed by atoms with Crippen LogP contribution in [0.1, 0.15) is 11.1 Å². The van der Waals surface area contributed by atoms with Gasteiger partial charge in [-0.15, -0.1) is 0 Å². The molecule has 3 amide bonds. The molecule has 0 spiro atoms. The number of hydrogen-bond acceptors (Lipinski definition) is 4. The molecule has 27 heavy (non-hydrogen) atoms. The number of hydroxylamine groups is 1. The molecule has 0 heterocycles. The van der Waals surface area contributed by atoms with E-state index < -0.39 is 30.0 Å². The number of urea groups is 1. The summed E-state index contributed by atoms with van der Waals surface area (Å²) in [5, 5.41) is 23.0. The summed E-state index contributed by atoms with van der Waals surface area (Å²) in [6, 6.07) is 14.7. The van der Waals surface area contributed by atoms with E-state index in [9.17, 15) is 19.5 Å². The first-order valence-electron chi connectivity index (χ1n) is 8.31. The lowest BCUT2D eigenvalue weighted by molar-refractivity contribution is -0.139. The van der Waals surface area contributed by atoms with Crippen LogP contribution in [0.2, 0.25) is 0 Å². The number of carbonyl (C=O) groups excluding carboxylic acids is 2. The van der Waals surface area contributed by atoms with Gasteiger partial charge in [0.05, 0.1) is 0 Å². The van der Waals surface area contributed by atoms with E-state index in [0.29, 0.717) is 0 Å². The number of hydrogen-bond donors (Lipinski definition) is 5. The second-order valence-electron chi connectivity index (χ2n) is 5.92. The third kappa shape index (κ3) is 6.44. The fraction of sp³-hybridized carbons (Fsp3) is 0.211. The Labute approximate surface area is 156 Å². The minimum absolute atomic E-state index is 0.0964. The van der Waals surface area contributed by atoms with E-state index in [1.165, 1.54) is 5.48 Å². The molecule has 0 aliphatic carbocycles. The Morgan fingerprint density at radius 3 is 1.67 bits per heavy atom. The standard InChI is InChI=1S/C19H21N3O5/c23-17(22-27)15(11-13-7-3-1-4-8-13)20-19(26)21-16(18(24)25)12-14-9-5-2-6-10-14/h1-10,15-16,27H,11-12H2,(H,22,23)(H,24,25)(H2,20,21,26). The van der Waals surface area contributed by atoms with Gasteiger partial charge < -0.3 is 15.7 Å². The van der Waals surface area contributed by atoms with Crippen LogP contribution in [-0.4, -0.2) is 40.3 Å². The Morgan fingerprint density at radius 2 is 1.22 bits per heavy atom. The molecule has 2 unspecified atom stereocenters. The minimum Gasteiger partial charge on any atom is -0.480 e. The van der Waals surface area contributed by atoms with E-state index in [1.807, 2.05) is 6.07 Å². The van der Waals surface area contributed by atoms with Gasteiger partial charge in [0.25, 0.3) is 5.91 Å². The molecule has 0 aromatic heterocycles. The van der Waals surface area contributed by atoms with E-state index in [0.717, 1.165) is 11.1 Å². The van der Waals surface area contributed by atoms with E-state index in [4.69, 9.17) is 5.21 Å². The van der Waals surface area contributed by atoms with Crippen LogP contribution in [0.4, 0.5) is 4.79 Å². The molecule has 2 atom stereocenters. The molecule has 8 nitrogen and oxygen atoms in total. The molecule has 2 rings (SSSR count). The molecule has 2 aromatic carbocycles. The van der Waals surface area contributed by atoms with Crippen molar-refractivity contribution in [3.05, 3.63) is 71.8 Å². The first kappa shape index (κ1) is 19.9. The highest BCUT2D eigenvalue weighted by atomic mass is 16.5. The summed E-state index contributed by atoms with van der Waals surface area (Å²) in [5.41, 5.74) is 3.03. The third-order valence-corrected chi connectivity index (χ3v) is 3.90. The van der Waals surface area contributed by atoms with Crippen LogP contribution in [0, 0.1) is 0 Å². The maximum absolute atomic E-state index is 12.2. The molecule has 5 N–H and O–H groups in total. The van der Waals surface area contributed by atoms with Gasteiger partial charge in [0.2, 0.25) is 0 Å². The summed E-state index contributed by atoms with van der Waals surface area (Å²) in [6.07, 6.45) is 0.232. The van der Waals surface area contributed by atoms with Crippen LogP contribution in [0.5, 0.6) is 0 Å². The van der Waals surface area contributed by atoms with E-state index in [1.54, 1.807) is 54.6 Å². The quantitative estimate of drug-likeness (QED) is 0.351. The summed E-state index contributed by atoms with van der Waals surface area (Å²) in [6.45, 7) is 0. The van der Waals surface area contributed by atoms with Gasteiger partial charge in [0.1, 0.15) is 12.1 Å². The molecule has 2 aromatic rings. The van der Waals surface area contributed by atoms with Crippen molar-refractivity contribution < 1.29 is 24.7 Å². The number of aliphatic carboxylic acids is 1. The Morgan fingerprint density at radius 1 is 0.778 bits per heavy atom. The largest absolute Gasteiger partial charge is 0.480 e. The number of benzene rings is 2. The SMILES string of the molecule is O=C(NC(Cc1ccccc1)C(=O)O)NC(Cc1ccccc1)C(=O)NO. The lowest BCUT2D eigenvalue weighted by atomic mass is 10.1. The zero-order chi connectivity index (χ0) is 19.6. The lowest BCUT2D eigenvalue weighted by Gasteiger charge is -2.20. The minimum atomic E-state index is -1.19. The van der Waals surface area contributed by atoms with Gasteiger partial charge in [-0.05, 0) is 11.1 Å². The second-order valence-corrected chi connectivity index (χ2v) is 5.92. The predicted octanol–water partition coefficient (Wildman–Crippen LogP) is 1.10. The van der Waals surface area contributed by atoms with Gasteiger partial charge in [0.15, 0.2) is 0 Å². The molecule has 0 bridgehead atoms. The van der Waals surface area contributed by atoms with Crippen molar-refractivity contribution in [2.24, 2.45) is 0 Å². The molecular weight excluding hydrogens is 350 g/mol. The molecule has 0 saturated carbocycles. The van der Waals surface area contributed by atoms with Crippen LogP contribution in [0.15, 0.2) is 60.7 Å². The summed E-state index contributed by atoms with van der Waals surface area (Å²) in [5.74, 6) is -2.00. The summed E-state index contributed by atoms with van der Waals surface area (Å²) in [4.78, 5) is 35.5. The molecule has 0 aliphatic heterocycles. The van der Waals surface area contributed by atoms with Crippen molar-refractivity contribution in [3.63, 3.8) is 0 Å². The first-order valence-corrected chi connectivity index (χ1v) is 8.31. The van der Waals surface area contributed by atoms with Gasteiger partial charge in [-0.1, -0.05) is 60.7 Å². The maximum atomic E-state index is 12.2. The van der Waals surface area contributed by atoms with Crippen LogP contribution >= 0.6 is 0 Å². The number of rotatable bonds is 8. The van der Waals surface area contributed by atoms with Crippen LogP contribution < -0.4 is 16.1 Å². The van der Waals surface area contributed by atoms with Crippen LogP contribution in [0.3, 0.4) is 0 Å². The Hall–Kier alpha value is -3.39. The maximum Gasteiger partial charge on any atom is 0.326 e. The van der Waals surface area contributed by atoms with E-state index >= 15 is 0 Å². The molecule has 142 valence electrons. The number of amides is 3. The Bertz CT molecular complexity index is 767. The van der Waals surface area contributed by atoms with Gasteiger partial charge in [-0.3, -0.25) is 10.0 Å². The molecular formula is C19H21N3O5. The third-order valence-electron chi connectivity index (χ3n) is 3.90. The molecule has 0 saturated heterocycles. The lowest BCUT2D eigenvalue weighted by Crippen LogP contribution is -2.54. The highest BCUT2D eigenvalue weighted by molar-refractivity contribution is 5.88. The first-order chi connectivity index (χ1) is 13.0. The zero-order valence-electron chi connectivity index (χ0n) is 14.5. The van der Waals surface area contributed by atoms with Crippen LogP contribution in [-0.2, 0) is 22.4 Å². The van der Waals surface area contributed by atoms with E-state index in [2.05, 4.69) is 10.6 Å². The summed E-state index contributed by atoms with van der Waals surface area (Å²) in [7, 11) is 0. The van der Waals surface area contributed by atoms with Gasteiger partial charge in [-0.2, -0.15) is 0 Å². The van der Waals surface area contributed by atoms with Crippen molar-refractivity contribution in [1.29, 1.82) is 0 Å². The van der Waals surface area contributed by atoms with Crippen molar-refractivity contribution in [3.8, 4) is 0 Å². The summed E-state index contributed by atoms with van der Waals surface area (Å²) < 4.78 is 0. The van der Waals surface area contributed by atoms with E-state index in [-0.39, 0.29) is 12.8 Å². The molecule has 0 aliphatic rings. The van der Waals surface area contributed by atoms with Gasteiger partial charge in [0, 0.05) is 12.8 Å². The molecule has 8 heteroatoms. The number of nitrogens with one attached hydrogen (secondary N) is 3. The highest BCUT2D eigenvalue weighted by Gasteiger charge is 2.25. The normalized spacial score (nSPS) is 12.5. The van der Waals surface area contributed by atoms with Crippen molar-refractivity contribution >= 4 is 17.9 Å². The van der Waals surface area contributed by atoms with Gasteiger partial charge in [-0.25, -0.2) is 15.1 Å². The second kappa shape index (κ2) is 9.93. The average molecular weight is 371 g/mol. The zero-order valence-corrected chi connectivity index (χ0v) is 14.5. The predicted molar refractivity (Wildman–Crippen MR) is 97.1 cm³/mol. The highest BCUT2D eigenvalue weighted by Crippen LogP contribution is 2.05. The molecule has 0 fully saturated rings. The smallest absolute Gasteiger partial charge is 0.326 e. The fourth-order valence-corrected chi connectivity index (χ4v) is 2.55. The fourth-order valence-electron chi connectivity index (χ4n) is 2.55. The Balaban J connectivity index is 2.02. The monoisotopic (exact) mass is 371 g/mol. The van der Waals surface area contributed by atoms with Crippen molar-refractivity contribution in [1.82, 2.24) is 16.1 Å². The van der Waals surface area contributed by atoms with Gasteiger partial charge >= 0.3 is 12.0 Å². The Kier molecular flexibility index (Phi) is 7.33. The van der Waals surface area contributed by atoms with Crippen LogP contribution in [0.25, 0.3) is 0 Å². The number of carboxylic acids is 1. The summed E-state index contributed by atoms with van der Waals surface area (Å²) >= 11 is 0. The van der Waals surface area contributed by atoms with Crippen molar-refractivity contribution in [2.75, 3.05) is 0 Å². The number of carbonyl (C=O) groups is 3. The molecule has 0 radical (unpaired) electrons. The number of carboxylic acid groups (broad SMARTS) is 1. The van der Waals surface area contributed by atoms with Crippen molar-refractivity contribution in [2.45, 2.75) is 24.9 Å². The average Bonchev–Trinajstić information content (AvgIpc) is 2.68. The topological polar surface area (TPSA) is 128 Å².